The fourth-order valence-electron chi connectivity index (χ4n) is 1.14. The zero-order chi connectivity index (χ0) is 13.6. The molecule has 1 heterocycles. The first kappa shape index (κ1) is 14.4. The first-order valence-electron chi connectivity index (χ1n) is 5.14. The van der Waals surface area contributed by atoms with Crippen LogP contribution in [-0.2, 0) is 4.74 Å². The van der Waals surface area contributed by atoms with Crippen molar-refractivity contribution < 1.29 is 27.4 Å². The Balaban J connectivity index is 2.55. The molecule has 0 radical (unpaired) electrons. The van der Waals surface area contributed by atoms with E-state index in [2.05, 4.69) is 4.98 Å². The molecule has 0 spiro atoms. The van der Waals surface area contributed by atoms with Gasteiger partial charge in [-0.25, -0.2) is 4.98 Å². The molecule has 1 rings (SSSR count). The molecule has 7 heteroatoms. The van der Waals surface area contributed by atoms with Gasteiger partial charge in [-0.3, -0.25) is 4.79 Å². The molecule has 0 aromatic carbocycles. The van der Waals surface area contributed by atoms with Crippen LogP contribution in [0.1, 0.15) is 16.8 Å². The van der Waals surface area contributed by atoms with Crippen LogP contribution in [0.4, 0.5) is 13.2 Å². The number of halogens is 3. The number of ether oxygens (including phenoxy) is 2. The minimum Gasteiger partial charge on any atom is -0.478 e. The Hall–Kier alpha value is -1.63. The number of carbonyl (C=O) groups excluding carboxylic acids is 1. The maximum Gasteiger partial charge on any atom is 0.454 e. The highest BCUT2D eigenvalue weighted by atomic mass is 19.4. The fourth-order valence-corrected chi connectivity index (χ4v) is 1.14. The van der Waals surface area contributed by atoms with E-state index in [0.717, 1.165) is 12.3 Å². The quantitative estimate of drug-likeness (QED) is 0.583. The van der Waals surface area contributed by atoms with Crippen LogP contribution in [-0.4, -0.2) is 37.3 Å². The van der Waals surface area contributed by atoms with Gasteiger partial charge in [0.25, 0.3) is 5.78 Å². The van der Waals surface area contributed by atoms with Gasteiger partial charge in [0.1, 0.15) is 0 Å². The van der Waals surface area contributed by atoms with Crippen LogP contribution in [0.25, 0.3) is 0 Å². The third-order valence-electron chi connectivity index (χ3n) is 2.00. The van der Waals surface area contributed by atoms with Crippen molar-refractivity contribution in [2.75, 3.05) is 20.3 Å². The maximum atomic E-state index is 12.1. The summed E-state index contributed by atoms with van der Waals surface area (Å²) in [5, 5.41) is 0. The van der Waals surface area contributed by atoms with E-state index in [0.29, 0.717) is 19.6 Å². The van der Waals surface area contributed by atoms with Gasteiger partial charge in [0, 0.05) is 38.0 Å². The highest BCUT2D eigenvalue weighted by Gasteiger charge is 2.39. The van der Waals surface area contributed by atoms with E-state index in [1.807, 2.05) is 0 Å². The first-order chi connectivity index (χ1) is 8.45. The first-order valence-corrected chi connectivity index (χ1v) is 5.14. The van der Waals surface area contributed by atoms with Gasteiger partial charge < -0.3 is 9.47 Å². The van der Waals surface area contributed by atoms with Crippen LogP contribution in [0.5, 0.6) is 5.88 Å². The van der Waals surface area contributed by atoms with Gasteiger partial charge in [0.05, 0.1) is 6.61 Å². The third kappa shape index (κ3) is 4.33. The molecule has 0 saturated carbocycles. The zero-order valence-corrected chi connectivity index (χ0v) is 9.66. The summed E-state index contributed by atoms with van der Waals surface area (Å²) < 4.78 is 46.2. The lowest BCUT2D eigenvalue weighted by Crippen LogP contribution is -2.22. The van der Waals surface area contributed by atoms with E-state index in [1.54, 1.807) is 7.11 Å². The lowest BCUT2D eigenvalue weighted by molar-refractivity contribution is -0.0885. The Bertz CT molecular complexity index is 390. The van der Waals surface area contributed by atoms with Gasteiger partial charge in [-0.05, 0) is 6.07 Å². The van der Waals surface area contributed by atoms with E-state index < -0.39 is 17.5 Å². The summed E-state index contributed by atoms with van der Waals surface area (Å²) in [5.74, 6) is -1.74. The number of alkyl halides is 3. The molecular weight excluding hydrogens is 251 g/mol. The molecule has 0 amide bonds. The highest BCUT2D eigenvalue weighted by Crippen LogP contribution is 2.21. The van der Waals surface area contributed by atoms with E-state index in [1.165, 1.54) is 6.07 Å². The van der Waals surface area contributed by atoms with Crippen molar-refractivity contribution in [3.8, 4) is 5.88 Å². The van der Waals surface area contributed by atoms with Gasteiger partial charge in [-0.15, -0.1) is 0 Å². The van der Waals surface area contributed by atoms with Crippen molar-refractivity contribution in [2.45, 2.75) is 12.6 Å². The molecule has 0 unspecified atom stereocenters. The summed E-state index contributed by atoms with van der Waals surface area (Å²) in [4.78, 5) is 14.5. The SMILES string of the molecule is COCCCOc1ccc(C(=O)C(F)(F)F)cn1. The molecule has 0 N–H and O–H groups in total. The standard InChI is InChI=1S/C11H12F3NO3/c1-17-5-2-6-18-9-4-3-8(7-15-9)10(16)11(12,13)14/h3-4,7H,2,5-6H2,1H3. The highest BCUT2D eigenvalue weighted by molar-refractivity contribution is 5.99. The number of pyridine rings is 1. The Morgan fingerprint density at radius 3 is 2.56 bits per heavy atom. The van der Waals surface area contributed by atoms with Crippen molar-refractivity contribution in [2.24, 2.45) is 0 Å². The summed E-state index contributed by atoms with van der Waals surface area (Å²) in [5.41, 5.74) is -0.508. The average molecular weight is 263 g/mol. The van der Waals surface area contributed by atoms with Gasteiger partial charge >= 0.3 is 6.18 Å². The molecule has 0 aliphatic heterocycles. The number of carbonyl (C=O) groups is 1. The van der Waals surface area contributed by atoms with Crippen molar-refractivity contribution >= 4 is 5.78 Å². The Morgan fingerprint density at radius 2 is 2.06 bits per heavy atom. The number of ketones is 1. The number of Topliss-reactive ketones (excluding diaryl/α,β-unsaturated/α-hetero) is 1. The molecular formula is C11H12F3NO3. The lowest BCUT2D eigenvalue weighted by atomic mass is 10.2. The number of methoxy groups -OCH3 is 1. The van der Waals surface area contributed by atoms with Crippen LogP contribution in [0.2, 0.25) is 0 Å². The summed E-state index contributed by atoms with van der Waals surface area (Å²) in [6, 6.07) is 2.26. The number of nitrogens with zero attached hydrogens (tertiary/aromatic N) is 1. The number of rotatable bonds is 6. The van der Waals surface area contributed by atoms with E-state index in [4.69, 9.17) is 9.47 Å². The van der Waals surface area contributed by atoms with Crippen molar-refractivity contribution in [3.63, 3.8) is 0 Å². The van der Waals surface area contributed by atoms with Crippen LogP contribution in [0.15, 0.2) is 18.3 Å². The average Bonchev–Trinajstić information content (AvgIpc) is 2.33. The molecule has 0 saturated heterocycles. The molecule has 18 heavy (non-hydrogen) atoms. The molecule has 0 aliphatic carbocycles. The topological polar surface area (TPSA) is 48.4 Å². The minimum atomic E-state index is -4.89. The summed E-state index contributed by atoms with van der Waals surface area (Å²) in [6.45, 7) is 0.859. The largest absolute Gasteiger partial charge is 0.478 e. The third-order valence-corrected chi connectivity index (χ3v) is 2.00. The van der Waals surface area contributed by atoms with Crippen LogP contribution < -0.4 is 4.74 Å². The monoisotopic (exact) mass is 263 g/mol. The fraction of sp³-hybridized carbons (Fsp3) is 0.455. The second kappa shape index (κ2) is 6.34. The normalized spacial score (nSPS) is 11.3. The summed E-state index contributed by atoms with van der Waals surface area (Å²) in [7, 11) is 1.55. The predicted octanol–water partition coefficient (Wildman–Crippen LogP) is 2.24. The molecule has 0 fully saturated rings. The smallest absolute Gasteiger partial charge is 0.454 e. The molecule has 1 aromatic rings. The predicted molar refractivity (Wildman–Crippen MR) is 56.6 cm³/mol. The van der Waals surface area contributed by atoms with E-state index >= 15 is 0 Å². The van der Waals surface area contributed by atoms with Gasteiger partial charge in [0.2, 0.25) is 5.88 Å². The van der Waals surface area contributed by atoms with Crippen LogP contribution in [0, 0.1) is 0 Å². The lowest BCUT2D eigenvalue weighted by Gasteiger charge is -2.07. The van der Waals surface area contributed by atoms with Crippen LogP contribution in [0.3, 0.4) is 0 Å². The Labute approximate surface area is 102 Å². The second-order valence-electron chi connectivity index (χ2n) is 3.41. The van der Waals surface area contributed by atoms with Gasteiger partial charge in [-0.2, -0.15) is 13.2 Å². The molecule has 0 bridgehead atoms. The molecule has 0 atom stereocenters. The number of hydrogen-bond donors (Lipinski definition) is 0. The summed E-state index contributed by atoms with van der Waals surface area (Å²) >= 11 is 0. The number of aromatic nitrogens is 1. The van der Waals surface area contributed by atoms with E-state index in [-0.39, 0.29) is 5.88 Å². The Kier molecular flexibility index (Phi) is 5.08. The van der Waals surface area contributed by atoms with E-state index in [9.17, 15) is 18.0 Å². The summed E-state index contributed by atoms with van der Waals surface area (Å²) in [6.07, 6.45) is -3.40. The maximum absolute atomic E-state index is 12.1. The minimum absolute atomic E-state index is 0.171. The van der Waals surface area contributed by atoms with Crippen LogP contribution >= 0.6 is 0 Å². The van der Waals surface area contributed by atoms with Crippen molar-refractivity contribution in [1.29, 1.82) is 0 Å². The molecule has 4 nitrogen and oxygen atoms in total. The van der Waals surface area contributed by atoms with Gasteiger partial charge in [0.15, 0.2) is 0 Å². The van der Waals surface area contributed by atoms with Gasteiger partial charge in [-0.1, -0.05) is 0 Å². The van der Waals surface area contributed by atoms with Crippen molar-refractivity contribution in [3.05, 3.63) is 23.9 Å². The Morgan fingerprint density at radius 1 is 1.33 bits per heavy atom. The molecule has 1 aromatic heterocycles. The number of hydrogen-bond acceptors (Lipinski definition) is 4. The molecule has 100 valence electrons. The van der Waals surface area contributed by atoms with Crippen molar-refractivity contribution in [1.82, 2.24) is 4.98 Å². The molecule has 0 aliphatic rings. The zero-order valence-electron chi connectivity index (χ0n) is 9.66. The second-order valence-corrected chi connectivity index (χ2v) is 3.41.